The lowest BCUT2D eigenvalue weighted by Crippen LogP contribution is -2.09. The molecule has 0 aliphatic carbocycles. The fourth-order valence-electron chi connectivity index (χ4n) is 1.49. The van der Waals surface area contributed by atoms with Gasteiger partial charge < -0.3 is 4.74 Å². The lowest BCUT2D eigenvalue weighted by atomic mass is 9.95. The largest absolute Gasteiger partial charge is 0.496 e. The van der Waals surface area contributed by atoms with Crippen LogP contribution in [0.2, 0.25) is 0 Å². The van der Waals surface area contributed by atoms with Crippen LogP contribution in [0.25, 0.3) is 0 Å². The number of alkyl halides is 3. The van der Waals surface area contributed by atoms with Gasteiger partial charge in [-0.15, -0.1) is 0 Å². The molecule has 0 aliphatic heterocycles. The van der Waals surface area contributed by atoms with Crippen molar-refractivity contribution in [1.29, 1.82) is 0 Å². The van der Waals surface area contributed by atoms with Crippen molar-refractivity contribution >= 4 is 5.78 Å². The topological polar surface area (TPSA) is 26.3 Å². The van der Waals surface area contributed by atoms with E-state index >= 15 is 0 Å². The highest BCUT2D eigenvalue weighted by atomic mass is 19.4. The smallest absolute Gasteiger partial charge is 0.416 e. The van der Waals surface area contributed by atoms with E-state index < -0.39 is 17.5 Å². The monoisotopic (exact) mass is 286 g/mol. The Kier molecular flexibility index (Phi) is 4.63. The third-order valence-corrected chi connectivity index (χ3v) is 2.53. The normalized spacial score (nSPS) is 12.8. The van der Waals surface area contributed by atoms with E-state index in [4.69, 9.17) is 4.74 Å². The number of halogens is 3. The SMILES string of the molecule is COc1ccc(C(F)(F)F)cc1C(=O)C=CC(C)(C)C. The molecule has 1 aromatic rings. The van der Waals surface area contributed by atoms with Crippen LogP contribution in [0.1, 0.15) is 36.7 Å². The van der Waals surface area contributed by atoms with Gasteiger partial charge in [-0.2, -0.15) is 13.2 Å². The lowest BCUT2D eigenvalue weighted by molar-refractivity contribution is -0.137. The molecule has 0 amide bonds. The van der Waals surface area contributed by atoms with Gasteiger partial charge in [-0.3, -0.25) is 4.79 Å². The van der Waals surface area contributed by atoms with Gasteiger partial charge in [-0.25, -0.2) is 0 Å². The van der Waals surface area contributed by atoms with Crippen LogP contribution >= 0.6 is 0 Å². The predicted molar refractivity (Wildman–Crippen MR) is 70.9 cm³/mol. The van der Waals surface area contributed by atoms with Crippen LogP contribution in [-0.4, -0.2) is 12.9 Å². The van der Waals surface area contributed by atoms with Gasteiger partial charge in [0.15, 0.2) is 5.78 Å². The Morgan fingerprint density at radius 1 is 1.20 bits per heavy atom. The fraction of sp³-hybridized carbons (Fsp3) is 0.400. The quantitative estimate of drug-likeness (QED) is 0.604. The Morgan fingerprint density at radius 3 is 2.25 bits per heavy atom. The van der Waals surface area contributed by atoms with Crippen molar-refractivity contribution in [3.63, 3.8) is 0 Å². The summed E-state index contributed by atoms with van der Waals surface area (Å²) in [6, 6.07) is 2.86. The van der Waals surface area contributed by atoms with Crippen LogP contribution in [0.15, 0.2) is 30.4 Å². The molecule has 1 aromatic carbocycles. The molecule has 0 radical (unpaired) electrons. The minimum atomic E-state index is -4.49. The molecular weight excluding hydrogens is 269 g/mol. The first-order valence-corrected chi connectivity index (χ1v) is 6.03. The molecule has 0 N–H and O–H groups in total. The van der Waals surface area contributed by atoms with Gasteiger partial charge in [-0.1, -0.05) is 26.8 Å². The van der Waals surface area contributed by atoms with E-state index in [1.165, 1.54) is 13.2 Å². The molecule has 0 bridgehead atoms. The number of hydrogen-bond acceptors (Lipinski definition) is 2. The highest BCUT2D eigenvalue weighted by Crippen LogP contribution is 2.33. The summed E-state index contributed by atoms with van der Waals surface area (Å²) in [5.41, 5.74) is -1.20. The fourth-order valence-corrected chi connectivity index (χ4v) is 1.49. The maximum atomic E-state index is 12.7. The molecule has 0 atom stereocenters. The zero-order valence-corrected chi connectivity index (χ0v) is 11.8. The highest BCUT2D eigenvalue weighted by molar-refractivity contribution is 6.06. The van der Waals surface area contributed by atoms with Gasteiger partial charge in [-0.05, 0) is 29.7 Å². The van der Waals surface area contributed by atoms with Crippen molar-refractivity contribution in [3.8, 4) is 5.75 Å². The summed E-state index contributed by atoms with van der Waals surface area (Å²) in [6.07, 6.45) is -1.57. The molecule has 0 saturated carbocycles. The van der Waals surface area contributed by atoms with Crippen LogP contribution in [0, 0.1) is 5.41 Å². The average molecular weight is 286 g/mol. The predicted octanol–water partition coefficient (Wildman–Crippen LogP) is 4.50. The Labute approximate surface area is 116 Å². The third kappa shape index (κ3) is 4.40. The molecule has 0 aromatic heterocycles. The minimum absolute atomic E-state index is 0.0946. The van der Waals surface area contributed by atoms with Crippen LogP contribution in [0.3, 0.4) is 0 Å². The number of carbonyl (C=O) groups is 1. The molecule has 0 heterocycles. The van der Waals surface area contributed by atoms with Gasteiger partial charge in [0.2, 0.25) is 0 Å². The number of allylic oxidation sites excluding steroid dienone is 2. The lowest BCUT2D eigenvalue weighted by Gasteiger charge is -2.13. The highest BCUT2D eigenvalue weighted by Gasteiger charge is 2.31. The van der Waals surface area contributed by atoms with Crippen LogP contribution < -0.4 is 4.74 Å². The Bertz CT molecular complexity index is 523. The van der Waals surface area contributed by atoms with Crippen LogP contribution in [0.4, 0.5) is 13.2 Å². The van der Waals surface area contributed by atoms with Crippen LogP contribution in [-0.2, 0) is 6.18 Å². The summed E-state index contributed by atoms with van der Waals surface area (Å²) >= 11 is 0. The third-order valence-electron chi connectivity index (χ3n) is 2.53. The molecule has 110 valence electrons. The molecule has 0 saturated heterocycles. The summed E-state index contributed by atoms with van der Waals surface area (Å²) in [7, 11) is 1.31. The standard InChI is InChI=1S/C15H17F3O2/c1-14(2,3)8-7-12(19)11-9-10(15(16,17)18)5-6-13(11)20-4/h5-9H,1-4H3. The van der Waals surface area contributed by atoms with E-state index in [9.17, 15) is 18.0 Å². The minimum Gasteiger partial charge on any atom is -0.496 e. The number of methoxy groups -OCH3 is 1. The summed E-state index contributed by atoms with van der Waals surface area (Å²) < 4.78 is 43.0. The van der Waals surface area contributed by atoms with Crippen molar-refractivity contribution < 1.29 is 22.7 Å². The number of ether oxygens (including phenoxy) is 1. The van der Waals surface area contributed by atoms with Crippen molar-refractivity contribution in [1.82, 2.24) is 0 Å². The Hall–Kier alpha value is -1.78. The van der Waals surface area contributed by atoms with Gasteiger partial charge >= 0.3 is 6.18 Å². The van der Waals surface area contributed by atoms with E-state index in [-0.39, 0.29) is 16.7 Å². The summed E-state index contributed by atoms with van der Waals surface area (Å²) in [5, 5.41) is 0. The number of rotatable bonds is 3. The van der Waals surface area contributed by atoms with E-state index in [0.717, 1.165) is 18.2 Å². The van der Waals surface area contributed by atoms with Crippen molar-refractivity contribution in [2.75, 3.05) is 7.11 Å². The van der Waals surface area contributed by atoms with E-state index in [2.05, 4.69) is 0 Å². The van der Waals surface area contributed by atoms with Gasteiger partial charge in [0, 0.05) is 0 Å². The number of ketones is 1. The van der Waals surface area contributed by atoms with Crippen molar-refractivity contribution in [3.05, 3.63) is 41.5 Å². The molecular formula is C15H17F3O2. The Morgan fingerprint density at radius 2 is 1.80 bits per heavy atom. The van der Waals surface area contributed by atoms with E-state index in [0.29, 0.717) is 0 Å². The second kappa shape index (κ2) is 5.69. The van der Waals surface area contributed by atoms with E-state index in [1.54, 1.807) is 6.08 Å². The van der Waals surface area contributed by atoms with Gasteiger partial charge in [0.05, 0.1) is 18.2 Å². The maximum absolute atomic E-state index is 12.7. The van der Waals surface area contributed by atoms with Crippen molar-refractivity contribution in [2.24, 2.45) is 5.41 Å². The van der Waals surface area contributed by atoms with E-state index in [1.807, 2.05) is 20.8 Å². The number of hydrogen-bond donors (Lipinski definition) is 0. The molecule has 5 heteroatoms. The van der Waals surface area contributed by atoms with Gasteiger partial charge in [0.25, 0.3) is 0 Å². The second-order valence-electron chi connectivity index (χ2n) is 5.48. The first kappa shape index (κ1) is 16.3. The second-order valence-corrected chi connectivity index (χ2v) is 5.48. The van der Waals surface area contributed by atoms with Gasteiger partial charge in [0.1, 0.15) is 5.75 Å². The average Bonchev–Trinajstić information content (AvgIpc) is 2.33. The Balaban J connectivity index is 3.21. The maximum Gasteiger partial charge on any atom is 0.416 e. The number of carbonyl (C=O) groups excluding carboxylic acids is 1. The molecule has 0 aliphatic rings. The van der Waals surface area contributed by atoms with Crippen LogP contribution in [0.5, 0.6) is 5.75 Å². The summed E-state index contributed by atoms with van der Waals surface area (Å²) in [4.78, 5) is 12.0. The number of benzene rings is 1. The molecule has 1 rings (SSSR count). The van der Waals surface area contributed by atoms with Crippen molar-refractivity contribution in [2.45, 2.75) is 26.9 Å². The molecule has 20 heavy (non-hydrogen) atoms. The first-order chi connectivity index (χ1) is 9.04. The molecule has 0 fully saturated rings. The molecule has 0 spiro atoms. The molecule has 0 unspecified atom stereocenters. The summed E-state index contributed by atoms with van der Waals surface area (Å²) in [6.45, 7) is 5.67. The zero-order chi connectivity index (χ0) is 15.6. The summed E-state index contributed by atoms with van der Waals surface area (Å²) in [5.74, 6) is -0.385. The molecule has 2 nitrogen and oxygen atoms in total. The first-order valence-electron chi connectivity index (χ1n) is 6.03. The zero-order valence-electron chi connectivity index (χ0n) is 11.8.